The Morgan fingerprint density at radius 2 is 2.22 bits per heavy atom. The van der Waals surface area contributed by atoms with E-state index in [1.807, 2.05) is 0 Å². The second kappa shape index (κ2) is 5.40. The molecule has 18 heavy (non-hydrogen) atoms. The number of alkyl halides is 1. The van der Waals surface area contributed by atoms with Crippen LogP contribution in [0.1, 0.15) is 26.3 Å². The average molecular weight is 333 g/mol. The van der Waals surface area contributed by atoms with Gasteiger partial charge in [0.05, 0.1) is 17.4 Å². The van der Waals surface area contributed by atoms with Crippen molar-refractivity contribution in [2.24, 2.45) is 0 Å². The van der Waals surface area contributed by atoms with Gasteiger partial charge < -0.3 is 9.64 Å². The highest BCUT2D eigenvalue weighted by Gasteiger charge is 2.31. The van der Waals surface area contributed by atoms with Gasteiger partial charge in [-0.3, -0.25) is 0 Å². The molecule has 0 bridgehead atoms. The lowest BCUT2D eigenvalue weighted by Gasteiger charge is -2.43. The summed E-state index contributed by atoms with van der Waals surface area (Å²) in [5.41, 5.74) is 2.24. The summed E-state index contributed by atoms with van der Waals surface area (Å²) < 4.78 is 7.03. The number of rotatable bonds is 2. The van der Waals surface area contributed by atoms with E-state index in [2.05, 4.69) is 59.8 Å². The lowest BCUT2D eigenvalue weighted by Crippen LogP contribution is -2.52. The topological polar surface area (TPSA) is 12.5 Å². The first-order chi connectivity index (χ1) is 8.41. The number of halogens is 2. The fourth-order valence-corrected chi connectivity index (χ4v) is 3.37. The molecule has 1 aromatic carbocycles. The molecule has 0 radical (unpaired) electrons. The second-order valence-corrected chi connectivity index (χ2v) is 6.61. The lowest BCUT2D eigenvalue weighted by atomic mass is 10.0. The molecule has 1 saturated heterocycles. The van der Waals surface area contributed by atoms with Gasteiger partial charge in [-0.05, 0) is 54.4 Å². The Labute approximate surface area is 122 Å². The summed E-state index contributed by atoms with van der Waals surface area (Å²) in [5, 5.41) is 0. The van der Waals surface area contributed by atoms with Gasteiger partial charge in [0, 0.05) is 23.4 Å². The first kappa shape index (κ1) is 14.2. The summed E-state index contributed by atoms with van der Waals surface area (Å²) >= 11 is 9.49. The van der Waals surface area contributed by atoms with E-state index in [9.17, 15) is 0 Å². The van der Waals surface area contributed by atoms with Crippen LogP contribution >= 0.6 is 27.5 Å². The number of ether oxygens (including phenoxy) is 1. The predicted molar refractivity (Wildman–Crippen MR) is 80.5 cm³/mol. The van der Waals surface area contributed by atoms with Crippen LogP contribution in [0.15, 0.2) is 22.7 Å². The van der Waals surface area contributed by atoms with E-state index in [1.54, 1.807) is 0 Å². The lowest BCUT2D eigenvalue weighted by molar-refractivity contribution is -0.0750. The molecule has 1 atom stereocenters. The minimum absolute atomic E-state index is 0.109. The third-order valence-corrected chi connectivity index (χ3v) is 4.02. The largest absolute Gasteiger partial charge is 0.369 e. The van der Waals surface area contributed by atoms with Crippen molar-refractivity contribution < 1.29 is 4.74 Å². The minimum Gasteiger partial charge on any atom is -0.369 e. The van der Waals surface area contributed by atoms with Gasteiger partial charge in [-0.15, -0.1) is 11.6 Å². The molecule has 1 aliphatic rings. The molecule has 0 aromatic heterocycles. The molecule has 0 aliphatic carbocycles. The summed E-state index contributed by atoms with van der Waals surface area (Å²) in [7, 11) is 0. The predicted octanol–water partition coefficient (Wildman–Crippen LogP) is 4.19. The van der Waals surface area contributed by atoms with E-state index in [4.69, 9.17) is 16.3 Å². The van der Waals surface area contributed by atoms with Crippen LogP contribution in [-0.4, -0.2) is 24.8 Å². The normalized spacial score (nSPS) is 23.2. The molecule has 0 spiro atoms. The van der Waals surface area contributed by atoms with E-state index in [0.29, 0.717) is 5.88 Å². The molecule has 1 heterocycles. The van der Waals surface area contributed by atoms with Crippen LogP contribution < -0.4 is 4.90 Å². The van der Waals surface area contributed by atoms with Gasteiger partial charge in [-0.2, -0.15) is 0 Å². The van der Waals surface area contributed by atoms with Crippen LogP contribution in [0.5, 0.6) is 0 Å². The fraction of sp³-hybridized carbons (Fsp3) is 0.571. The average Bonchev–Trinajstić information content (AvgIpc) is 2.25. The van der Waals surface area contributed by atoms with Crippen molar-refractivity contribution in [3.63, 3.8) is 0 Å². The number of anilines is 1. The molecule has 100 valence electrons. The maximum Gasteiger partial charge on any atom is 0.0805 e. The van der Waals surface area contributed by atoms with Gasteiger partial charge in [0.15, 0.2) is 0 Å². The summed E-state index contributed by atoms with van der Waals surface area (Å²) in [5.74, 6) is 0.546. The third kappa shape index (κ3) is 3.19. The van der Waals surface area contributed by atoms with Crippen molar-refractivity contribution in [3.05, 3.63) is 28.2 Å². The summed E-state index contributed by atoms with van der Waals surface area (Å²) in [6, 6.07) is 6.31. The van der Waals surface area contributed by atoms with Gasteiger partial charge in [0.1, 0.15) is 0 Å². The Balaban J connectivity index is 2.25. The molecule has 2 nitrogen and oxygen atoms in total. The maximum absolute atomic E-state index is 5.93. The zero-order valence-corrected chi connectivity index (χ0v) is 13.4. The first-order valence-corrected chi connectivity index (χ1v) is 7.51. The number of hydrogen-bond acceptors (Lipinski definition) is 2. The smallest absolute Gasteiger partial charge is 0.0805 e. The van der Waals surface area contributed by atoms with Gasteiger partial charge in [0.25, 0.3) is 0 Å². The van der Waals surface area contributed by atoms with Crippen LogP contribution in [0.2, 0.25) is 0 Å². The number of benzene rings is 1. The number of hydrogen-bond donors (Lipinski definition) is 0. The SMILES string of the molecule is CC1CN(c2ccc(CCl)cc2Br)CC(C)(C)O1. The van der Waals surface area contributed by atoms with Crippen molar-refractivity contribution >= 4 is 33.2 Å². The van der Waals surface area contributed by atoms with Crippen molar-refractivity contribution in [2.45, 2.75) is 38.4 Å². The first-order valence-electron chi connectivity index (χ1n) is 6.18. The quantitative estimate of drug-likeness (QED) is 0.753. The monoisotopic (exact) mass is 331 g/mol. The maximum atomic E-state index is 5.93. The molecular formula is C14H19BrClNO. The Kier molecular flexibility index (Phi) is 4.25. The van der Waals surface area contributed by atoms with Crippen molar-refractivity contribution in [2.75, 3.05) is 18.0 Å². The van der Waals surface area contributed by atoms with Crippen LogP contribution in [0.25, 0.3) is 0 Å². The second-order valence-electron chi connectivity index (χ2n) is 5.49. The minimum atomic E-state index is -0.109. The molecule has 1 unspecified atom stereocenters. The van der Waals surface area contributed by atoms with Crippen molar-refractivity contribution in [1.29, 1.82) is 0 Å². The van der Waals surface area contributed by atoms with E-state index < -0.39 is 0 Å². The Hall–Kier alpha value is -0.250. The van der Waals surface area contributed by atoms with E-state index >= 15 is 0 Å². The molecule has 0 amide bonds. The highest BCUT2D eigenvalue weighted by molar-refractivity contribution is 9.10. The molecule has 1 aromatic rings. The summed E-state index contributed by atoms with van der Waals surface area (Å²) in [6.45, 7) is 8.21. The zero-order valence-electron chi connectivity index (χ0n) is 11.0. The number of nitrogens with zero attached hydrogens (tertiary/aromatic N) is 1. The molecule has 4 heteroatoms. The highest BCUT2D eigenvalue weighted by atomic mass is 79.9. The standard InChI is InChI=1S/C14H19BrClNO/c1-10-8-17(9-14(2,3)18-10)13-5-4-11(7-16)6-12(13)15/h4-6,10H,7-9H2,1-3H3. The Morgan fingerprint density at radius 1 is 1.50 bits per heavy atom. The van der Waals surface area contributed by atoms with E-state index in [0.717, 1.165) is 23.1 Å². The fourth-order valence-electron chi connectivity index (χ4n) is 2.53. The molecule has 0 saturated carbocycles. The van der Waals surface area contributed by atoms with E-state index in [-0.39, 0.29) is 11.7 Å². The van der Waals surface area contributed by atoms with Gasteiger partial charge in [-0.25, -0.2) is 0 Å². The Morgan fingerprint density at radius 3 is 2.78 bits per heavy atom. The zero-order chi connectivity index (χ0) is 13.3. The van der Waals surface area contributed by atoms with Crippen molar-refractivity contribution in [1.82, 2.24) is 0 Å². The van der Waals surface area contributed by atoms with Crippen LogP contribution in [0.3, 0.4) is 0 Å². The summed E-state index contributed by atoms with van der Waals surface area (Å²) in [6.07, 6.45) is 0.244. The highest BCUT2D eigenvalue weighted by Crippen LogP contribution is 2.32. The van der Waals surface area contributed by atoms with Crippen molar-refractivity contribution in [3.8, 4) is 0 Å². The van der Waals surface area contributed by atoms with Crippen LogP contribution in [0, 0.1) is 0 Å². The molecular weight excluding hydrogens is 314 g/mol. The summed E-state index contributed by atoms with van der Waals surface area (Å²) in [4.78, 5) is 2.37. The molecule has 1 fully saturated rings. The van der Waals surface area contributed by atoms with Crippen LogP contribution in [0.4, 0.5) is 5.69 Å². The molecule has 0 N–H and O–H groups in total. The van der Waals surface area contributed by atoms with Gasteiger partial charge >= 0.3 is 0 Å². The number of morpholine rings is 1. The van der Waals surface area contributed by atoms with Gasteiger partial charge in [0.2, 0.25) is 0 Å². The molecule has 2 rings (SSSR count). The Bertz CT molecular complexity index is 436. The third-order valence-electron chi connectivity index (χ3n) is 3.08. The van der Waals surface area contributed by atoms with Crippen LogP contribution in [-0.2, 0) is 10.6 Å². The van der Waals surface area contributed by atoms with E-state index in [1.165, 1.54) is 5.69 Å². The molecule has 1 aliphatic heterocycles. The van der Waals surface area contributed by atoms with Gasteiger partial charge in [-0.1, -0.05) is 6.07 Å².